The predicted octanol–water partition coefficient (Wildman–Crippen LogP) is 0.957. The Morgan fingerprint density at radius 3 is 2.81 bits per heavy atom. The van der Waals surface area contributed by atoms with E-state index in [-0.39, 0.29) is 30.2 Å². The lowest BCUT2D eigenvalue weighted by molar-refractivity contribution is -0.197. The second-order valence-electron chi connectivity index (χ2n) is 9.79. The Morgan fingerprint density at radius 1 is 1.25 bits per heavy atom. The lowest BCUT2D eigenvalue weighted by atomic mass is 9.70. The van der Waals surface area contributed by atoms with E-state index in [2.05, 4.69) is 15.1 Å². The highest BCUT2D eigenvalue weighted by Crippen LogP contribution is 2.45. The number of fused-ring (bicyclic) bond motifs is 2. The topological polar surface area (TPSA) is 91.3 Å². The van der Waals surface area contributed by atoms with E-state index in [1.54, 1.807) is 6.20 Å². The number of ketones is 1. The number of nitrogens with zero attached hydrogens (tertiary/aromatic N) is 2. The number of carbonyl (C=O) groups excluding carboxylic acids is 1. The van der Waals surface area contributed by atoms with E-state index in [1.807, 2.05) is 0 Å². The van der Waals surface area contributed by atoms with Crippen molar-refractivity contribution in [3.8, 4) is 0 Å². The van der Waals surface area contributed by atoms with Crippen LogP contribution in [-0.4, -0.2) is 103 Å². The Labute approximate surface area is 188 Å². The van der Waals surface area contributed by atoms with E-state index >= 15 is 4.39 Å². The van der Waals surface area contributed by atoms with Crippen molar-refractivity contribution < 1.29 is 28.6 Å². The zero-order chi connectivity index (χ0) is 22.2. The normalized spacial score (nSPS) is 39.8. The average molecular weight is 452 g/mol. The second kappa shape index (κ2) is 9.37. The van der Waals surface area contributed by atoms with E-state index in [0.29, 0.717) is 6.54 Å². The number of alkyl halides is 1. The fourth-order valence-corrected chi connectivity index (χ4v) is 6.38. The zero-order valence-corrected chi connectivity index (χ0v) is 18.5. The number of Topliss-reactive ketones (excluding diaryl/α,β-unsaturated/α-hetero) is 1. The Bertz CT molecular complexity index is 758. The second-order valence-corrected chi connectivity index (χ2v) is 9.79. The summed E-state index contributed by atoms with van der Waals surface area (Å²) in [6, 6.07) is -0.722. The summed E-state index contributed by atoms with van der Waals surface area (Å²) in [6.45, 7) is 5.02. The molecule has 7 atom stereocenters. The molecular formula is C23H34FN3O5. The molecule has 2 aliphatic carbocycles. The Kier molecular flexibility index (Phi) is 6.51. The Morgan fingerprint density at radius 2 is 2.03 bits per heavy atom. The van der Waals surface area contributed by atoms with Crippen molar-refractivity contribution in [1.29, 1.82) is 0 Å². The van der Waals surface area contributed by atoms with Crippen molar-refractivity contribution in [2.24, 2.45) is 5.92 Å². The summed E-state index contributed by atoms with van der Waals surface area (Å²) in [4.78, 5) is 29.1. The summed E-state index contributed by atoms with van der Waals surface area (Å²) in [5.41, 5.74) is -0.208. The number of nitrogens with one attached hydrogen (secondary N) is 1. The van der Waals surface area contributed by atoms with Gasteiger partial charge in [0.2, 0.25) is 0 Å². The van der Waals surface area contributed by atoms with Crippen LogP contribution in [0.3, 0.4) is 0 Å². The molecule has 0 spiro atoms. The van der Waals surface area contributed by atoms with Crippen molar-refractivity contribution >= 4 is 11.8 Å². The predicted molar refractivity (Wildman–Crippen MR) is 114 cm³/mol. The monoisotopic (exact) mass is 451 g/mol. The van der Waals surface area contributed by atoms with Crippen LogP contribution in [-0.2, 0) is 19.1 Å². The van der Waals surface area contributed by atoms with Gasteiger partial charge in [-0.15, -0.1) is 0 Å². The van der Waals surface area contributed by atoms with E-state index in [9.17, 15) is 14.7 Å². The van der Waals surface area contributed by atoms with Crippen LogP contribution in [0.1, 0.15) is 38.5 Å². The molecule has 9 heteroatoms. The van der Waals surface area contributed by atoms with Crippen molar-refractivity contribution in [1.82, 2.24) is 15.1 Å². The molecule has 0 aromatic rings. The van der Waals surface area contributed by atoms with Gasteiger partial charge in [-0.1, -0.05) is 12.8 Å². The molecule has 8 nitrogen and oxygen atoms in total. The average Bonchev–Trinajstić information content (AvgIpc) is 2.80. The number of rotatable bonds is 6. The maximum Gasteiger partial charge on any atom is 0.340 e. The number of hydrogen-bond donors (Lipinski definition) is 2. The third kappa shape index (κ3) is 4.08. The lowest BCUT2D eigenvalue weighted by Gasteiger charge is -2.59. The molecule has 0 bridgehead atoms. The minimum absolute atomic E-state index is 0.0446. The van der Waals surface area contributed by atoms with Gasteiger partial charge in [-0.05, 0) is 38.8 Å². The van der Waals surface area contributed by atoms with Gasteiger partial charge in [0.15, 0.2) is 5.78 Å². The van der Waals surface area contributed by atoms with Gasteiger partial charge in [-0.25, -0.2) is 9.18 Å². The van der Waals surface area contributed by atoms with Crippen LogP contribution in [0.5, 0.6) is 0 Å². The summed E-state index contributed by atoms with van der Waals surface area (Å²) in [6.07, 6.45) is 4.65. The lowest BCUT2D eigenvalue weighted by Crippen LogP contribution is -2.72. The highest BCUT2D eigenvalue weighted by atomic mass is 19.1. The zero-order valence-electron chi connectivity index (χ0n) is 18.5. The minimum Gasteiger partial charge on any atom is -0.478 e. The number of aliphatic carboxylic acids is 1. The minimum atomic E-state index is -1.25. The third-order valence-electron chi connectivity index (χ3n) is 7.94. The van der Waals surface area contributed by atoms with Gasteiger partial charge in [0, 0.05) is 25.2 Å². The molecule has 7 unspecified atom stereocenters. The van der Waals surface area contributed by atoms with Gasteiger partial charge in [0.25, 0.3) is 0 Å². The molecule has 3 heterocycles. The Hall–Kier alpha value is -1.55. The largest absolute Gasteiger partial charge is 0.478 e. The first-order valence-corrected chi connectivity index (χ1v) is 12.1. The fourth-order valence-electron chi connectivity index (χ4n) is 6.38. The molecule has 4 fully saturated rings. The van der Waals surface area contributed by atoms with Gasteiger partial charge in [0.05, 0.1) is 43.5 Å². The van der Waals surface area contributed by atoms with E-state index < -0.39 is 36.0 Å². The first kappa shape index (κ1) is 22.3. The van der Waals surface area contributed by atoms with E-state index in [1.165, 1.54) is 0 Å². The molecule has 5 aliphatic rings. The number of ether oxygens (including phenoxy) is 2. The van der Waals surface area contributed by atoms with Crippen LogP contribution in [0, 0.1) is 5.92 Å². The number of halogens is 1. The number of morpholine rings is 2. The van der Waals surface area contributed by atoms with Crippen molar-refractivity contribution in [3.05, 3.63) is 11.8 Å². The summed E-state index contributed by atoms with van der Waals surface area (Å²) < 4.78 is 27.3. The first-order valence-electron chi connectivity index (χ1n) is 12.1. The quantitative estimate of drug-likeness (QED) is 0.456. The molecule has 0 radical (unpaired) electrons. The number of hydrogen-bond acceptors (Lipinski definition) is 7. The highest BCUT2D eigenvalue weighted by Gasteiger charge is 2.58. The maximum atomic E-state index is 15.4. The molecule has 32 heavy (non-hydrogen) atoms. The molecule has 5 rings (SSSR count). The molecule has 2 saturated heterocycles. The SMILES string of the molecule is O=C(O)C1=CN2C3CCCCC3OC3C(NCCCN4CCOCC4)C(F)CC(C1=O)C32. The molecule has 2 saturated carbocycles. The first-order chi connectivity index (χ1) is 15.5. The smallest absolute Gasteiger partial charge is 0.340 e. The number of carboxylic acids is 1. The van der Waals surface area contributed by atoms with Crippen LogP contribution in [0.2, 0.25) is 0 Å². The molecule has 0 amide bonds. The molecular weight excluding hydrogens is 417 g/mol. The number of carbonyl (C=O) groups is 2. The van der Waals surface area contributed by atoms with Crippen LogP contribution >= 0.6 is 0 Å². The van der Waals surface area contributed by atoms with Crippen molar-refractivity contribution in [2.75, 3.05) is 39.4 Å². The molecule has 3 aliphatic heterocycles. The Balaban J connectivity index is 1.32. The molecule has 0 aromatic carbocycles. The summed E-state index contributed by atoms with van der Waals surface area (Å²) in [5.74, 6) is -2.34. The fraction of sp³-hybridized carbons (Fsp3) is 0.826. The van der Waals surface area contributed by atoms with Crippen molar-refractivity contribution in [3.63, 3.8) is 0 Å². The van der Waals surface area contributed by atoms with Crippen LogP contribution in [0.4, 0.5) is 4.39 Å². The molecule has 0 aromatic heterocycles. The van der Waals surface area contributed by atoms with Gasteiger partial charge < -0.3 is 24.8 Å². The maximum absolute atomic E-state index is 15.4. The third-order valence-corrected chi connectivity index (χ3v) is 7.94. The van der Waals surface area contributed by atoms with E-state index in [4.69, 9.17) is 9.47 Å². The van der Waals surface area contributed by atoms with E-state index in [0.717, 1.165) is 65.0 Å². The summed E-state index contributed by atoms with van der Waals surface area (Å²) >= 11 is 0. The van der Waals surface area contributed by atoms with Gasteiger partial charge in [0.1, 0.15) is 11.7 Å². The molecule has 2 N–H and O–H groups in total. The summed E-state index contributed by atoms with van der Waals surface area (Å²) in [7, 11) is 0. The number of carboxylic acid groups (broad SMARTS) is 1. The summed E-state index contributed by atoms with van der Waals surface area (Å²) in [5, 5.41) is 13.0. The molecule has 178 valence electrons. The van der Waals surface area contributed by atoms with Crippen molar-refractivity contribution in [2.45, 2.75) is 75.0 Å². The van der Waals surface area contributed by atoms with Crippen LogP contribution < -0.4 is 5.32 Å². The standard InChI is InChI=1S/C23H34FN3O5/c24-16-12-14-20-22(19(16)25-6-3-7-26-8-10-31-11-9-26)32-18-5-2-1-4-17(18)27(20)13-15(21(14)28)23(29)30/h13-14,16-20,22,25H,1-12H2,(H,29,30). The van der Waals surface area contributed by atoms with Gasteiger partial charge >= 0.3 is 5.97 Å². The highest BCUT2D eigenvalue weighted by molar-refractivity contribution is 6.18. The van der Waals surface area contributed by atoms with Gasteiger partial charge in [-0.3, -0.25) is 9.69 Å². The van der Waals surface area contributed by atoms with Crippen LogP contribution in [0.15, 0.2) is 11.8 Å². The van der Waals surface area contributed by atoms with Crippen LogP contribution in [0.25, 0.3) is 0 Å². The van der Waals surface area contributed by atoms with Gasteiger partial charge in [-0.2, -0.15) is 0 Å².